The molecule has 1 atom stereocenters. The van der Waals surface area contributed by atoms with E-state index in [2.05, 4.69) is 15.8 Å². The predicted molar refractivity (Wildman–Crippen MR) is 92.6 cm³/mol. The Hall–Kier alpha value is -1.84. The van der Waals surface area contributed by atoms with Crippen LogP contribution in [0.3, 0.4) is 0 Å². The molecular weight excluding hydrogens is 378 g/mol. The third kappa shape index (κ3) is 3.73. The second-order valence-electron chi connectivity index (χ2n) is 5.18. The number of nitrogens with zero attached hydrogens (tertiary/aromatic N) is 1. The van der Waals surface area contributed by atoms with Crippen molar-refractivity contribution in [3.63, 3.8) is 0 Å². The molecule has 0 saturated carbocycles. The zero-order valence-corrected chi connectivity index (χ0v) is 14.2. The summed E-state index contributed by atoms with van der Waals surface area (Å²) in [5.74, 6) is -1.22. The van der Waals surface area contributed by atoms with Gasteiger partial charge in [-0.25, -0.2) is 4.99 Å². The molecule has 0 amide bonds. The molecular formula is C15H14Cl2F3N5. The molecule has 1 aliphatic heterocycles. The summed E-state index contributed by atoms with van der Waals surface area (Å²) in [4.78, 5) is 4.05. The Morgan fingerprint density at radius 1 is 1.04 bits per heavy atom. The van der Waals surface area contributed by atoms with Gasteiger partial charge in [0.25, 0.3) is 0 Å². The van der Waals surface area contributed by atoms with Crippen molar-refractivity contribution in [2.75, 3.05) is 0 Å². The number of alkyl halides is 3. The lowest BCUT2D eigenvalue weighted by Gasteiger charge is -2.22. The largest absolute Gasteiger partial charge is 0.416 e. The molecule has 1 unspecified atom stereocenters. The molecule has 1 aliphatic rings. The van der Waals surface area contributed by atoms with E-state index in [-0.39, 0.29) is 16.2 Å². The minimum absolute atomic E-state index is 0. The molecule has 2 aromatic rings. The highest BCUT2D eigenvalue weighted by Gasteiger charge is 2.31. The van der Waals surface area contributed by atoms with Gasteiger partial charge < -0.3 is 11.6 Å². The molecule has 0 spiro atoms. The second-order valence-corrected chi connectivity index (χ2v) is 6.00. The molecule has 0 fully saturated rings. The maximum atomic E-state index is 12.7. The topological polar surface area (TPSA) is 97.4 Å². The molecule has 0 aliphatic carbocycles. The lowest BCUT2D eigenvalue weighted by molar-refractivity contribution is -0.137. The molecule has 3 rings (SSSR count). The van der Waals surface area contributed by atoms with Crippen LogP contribution in [0.4, 0.5) is 13.2 Å². The van der Waals surface area contributed by atoms with Crippen molar-refractivity contribution in [3.8, 4) is 11.1 Å². The van der Waals surface area contributed by atoms with Crippen LogP contribution in [0, 0.1) is 0 Å². The van der Waals surface area contributed by atoms with E-state index >= 15 is 0 Å². The minimum atomic E-state index is -4.40. The normalized spacial score (nSPS) is 19.4. The van der Waals surface area contributed by atoms with Crippen molar-refractivity contribution >= 4 is 29.5 Å². The second kappa shape index (κ2) is 6.81. The zero-order valence-electron chi connectivity index (χ0n) is 12.7. The Kier molecular flexibility index (Phi) is 5.31. The maximum absolute atomic E-state index is 12.7. The van der Waals surface area contributed by atoms with E-state index < -0.39 is 17.5 Å². The van der Waals surface area contributed by atoms with Gasteiger partial charge in [0.2, 0.25) is 5.79 Å². The van der Waals surface area contributed by atoms with E-state index in [4.69, 9.17) is 28.9 Å². The van der Waals surface area contributed by atoms with Crippen LogP contribution in [0.5, 0.6) is 0 Å². The average molecular weight is 392 g/mol. The maximum Gasteiger partial charge on any atom is 0.416 e. The number of aliphatic imine (C=N–C) groups is 1. The standard InChI is InChI=1S/C15H11Cl2F3N4.H3N/c16-11-5-10(15(21)22-7-23-24-15)6-12(17)13(11)8-1-3-9(4-2-8)14(18,19)20;/h1-7,24H,21H2,(H,22,23);1H3. The van der Waals surface area contributed by atoms with Crippen LogP contribution < -0.4 is 22.7 Å². The highest BCUT2D eigenvalue weighted by Crippen LogP contribution is 2.39. The number of nitrogens with two attached hydrogens (primary N) is 1. The van der Waals surface area contributed by atoms with Crippen LogP contribution in [0.2, 0.25) is 10.0 Å². The van der Waals surface area contributed by atoms with Crippen LogP contribution in [0.15, 0.2) is 41.4 Å². The molecule has 7 N–H and O–H groups in total. The lowest BCUT2D eigenvalue weighted by Crippen LogP contribution is -2.49. The molecule has 134 valence electrons. The van der Waals surface area contributed by atoms with E-state index in [1.807, 2.05) is 0 Å². The number of hydrogen-bond acceptors (Lipinski definition) is 5. The minimum Gasteiger partial charge on any atom is -0.344 e. The summed E-state index contributed by atoms with van der Waals surface area (Å²) in [5.41, 5.74) is 12.1. The highest BCUT2D eigenvalue weighted by molar-refractivity contribution is 6.39. The molecule has 1 heterocycles. The first-order chi connectivity index (χ1) is 11.2. The van der Waals surface area contributed by atoms with Gasteiger partial charge in [-0.05, 0) is 29.8 Å². The van der Waals surface area contributed by atoms with Gasteiger partial charge in [-0.15, -0.1) is 0 Å². The van der Waals surface area contributed by atoms with Crippen molar-refractivity contribution in [2.45, 2.75) is 12.0 Å². The van der Waals surface area contributed by atoms with E-state index in [0.717, 1.165) is 12.1 Å². The summed E-state index contributed by atoms with van der Waals surface area (Å²) in [6.45, 7) is 0. The van der Waals surface area contributed by atoms with Crippen molar-refractivity contribution in [3.05, 3.63) is 57.6 Å². The molecule has 5 nitrogen and oxygen atoms in total. The monoisotopic (exact) mass is 391 g/mol. The first-order valence-corrected chi connectivity index (χ1v) is 7.49. The number of rotatable bonds is 2. The quantitative estimate of drug-likeness (QED) is 0.620. The van der Waals surface area contributed by atoms with Crippen molar-refractivity contribution in [1.29, 1.82) is 0 Å². The van der Waals surface area contributed by atoms with Gasteiger partial charge in [-0.3, -0.25) is 5.73 Å². The van der Waals surface area contributed by atoms with Gasteiger partial charge in [0.15, 0.2) is 0 Å². The fraction of sp³-hybridized carbons (Fsp3) is 0.133. The molecule has 0 radical (unpaired) electrons. The molecule has 0 aromatic heterocycles. The summed E-state index contributed by atoms with van der Waals surface area (Å²) in [6.07, 6.45) is -3.01. The summed E-state index contributed by atoms with van der Waals surface area (Å²) >= 11 is 12.6. The van der Waals surface area contributed by atoms with E-state index in [1.165, 1.54) is 18.5 Å². The van der Waals surface area contributed by atoms with E-state index in [0.29, 0.717) is 16.7 Å². The van der Waals surface area contributed by atoms with Gasteiger partial charge in [0.1, 0.15) is 6.34 Å². The van der Waals surface area contributed by atoms with Gasteiger partial charge in [-0.2, -0.15) is 18.6 Å². The van der Waals surface area contributed by atoms with E-state index in [1.54, 1.807) is 12.1 Å². The summed E-state index contributed by atoms with van der Waals surface area (Å²) < 4.78 is 38.0. The number of hydrogen-bond donors (Lipinski definition) is 4. The van der Waals surface area contributed by atoms with E-state index in [9.17, 15) is 13.2 Å². The first-order valence-electron chi connectivity index (χ1n) is 6.73. The summed E-state index contributed by atoms with van der Waals surface area (Å²) in [6, 6.07) is 7.73. The Labute approximate surface area is 151 Å². The molecule has 10 heteroatoms. The van der Waals surface area contributed by atoms with Crippen molar-refractivity contribution in [1.82, 2.24) is 17.0 Å². The van der Waals surface area contributed by atoms with Crippen LogP contribution in [-0.4, -0.2) is 6.34 Å². The predicted octanol–water partition coefficient (Wildman–Crippen LogP) is 4.05. The Bertz CT molecular complexity index is 785. The molecule has 2 aromatic carbocycles. The average Bonchev–Trinajstić information content (AvgIpc) is 2.94. The fourth-order valence-electron chi connectivity index (χ4n) is 2.35. The third-order valence-electron chi connectivity index (χ3n) is 3.58. The van der Waals surface area contributed by atoms with Crippen LogP contribution in [0.25, 0.3) is 11.1 Å². The number of nitrogens with one attached hydrogen (secondary N) is 2. The van der Waals surface area contributed by atoms with Gasteiger partial charge >= 0.3 is 6.18 Å². The smallest absolute Gasteiger partial charge is 0.344 e. The van der Waals surface area contributed by atoms with Gasteiger partial charge in [-0.1, -0.05) is 35.3 Å². The Morgan fingerprint density at radius 2 is 1.60 bits per heavy atom. The number of benzene rings is 2. The highest BCUT2D eigenvalue weighted by atomic mass is 35.5. The first kappa shape index (κ1) is 19.5. The number of hydrazine groups is 1. The summed E-state index contributed by atoms with van der Waals surface area (Å²) in [7, 11) is 0. The van der Waals surface area contributed by atoms with Gasteiger partial charge in [0.05, 0.1) is 15.6 Å². The van der Waals surface area contributed by atoms with Crippen LogP contribution >= 0.6 is 23.2 Å². The van der Waals surface area contributed by atoms with Crippen LogP contribution in [-0.2, 0) is 12.0 Å². The summed E-state index contributed by atoms with van der Waals surface area (Å²) in [5, 5.41) is 0.511. The Morgan fingerprint density at radius 3 is 2.04 bits per heavy atom. The van der Waals surface area contributed by atoms with Gasteiger partial charge in [0, 0.05) is 11.1 Å². The lowest BCUT2D eigenvalue weighted by atomic mass is 10.00. The SMILES string of the molecule is N.NC1(c2cc(Cl)c(-c3ccc(C(F)(F)F)cc3)c(Cl)c2)N=CNN1. The van der Waals surface area contributed by atoms with Crippen LogP contribution in [0.1, 0.15) is 11.1 Å². The molecule has 25 heavy (non-hydrogen) atoms. The fourth-order valence-corrected chi connectivity index (χ4v) is 3.06. The van der Waals surface area contributed by atoms with Crippen molar-refractivity contribution < 1.29 is 13.2 Å². The molecule has 0 saturated heterocycles. The number of halogens is 5. The third-order valence-corrected chi connectivity index (χ3v) is 4.17. The molecule has 0 bridgehead atoms. The Balaban J connectivity index is 0.00000225. The van der Waals surface area contributed by atoms with Crippen molar-refractivity contribution in [2.24, 2.45) is 10.7 Å². The zero-order chi connectivity index (χ0) is 17.5.